The molecular formula is C24H15NO3. The van der Waals surface area contributed by atoms with Gasteiger partial charge in [0.25, 0.3) is 0 Å². The van der Waals surface area contributed by atoms with Crippen LogP contribution >= 0.6 is 0 Å². The summed E-state index contributed by atoms with van der Waals surface area (Å²) in [4.78, 5) is 11.4. The fourth-order valence-electron chi connectivity index (χ4n) is 3.23. The van der Waals surface area contributed by atoms with E-state index in [9.17, 15) is 15.2 Å². The molecule has 0 saturated heterocycles. The van der Waals surface area contributed by atoms with Crippen LogP contribution in [0.4, 0.5) is 0 Å². The number of rotatable bonds is 4. The Hall–Kier alpha value is -4.10. The number of hydrogen-bond acceptors (Lipinski definition) is 3. The summed E-state index contributed by atoms with van der Waals surface area (Å²) >= 11 is 0. The Morgan fingerprint density at radius 2 is 1.61 bits per heavy atom. The van der Waals surface area contributed by atoms with Crippen LogP contribution in [0.2, 0.25) is 0 Å². The van der Waals surface area contributed by atoms with Gasteiger partial charge in [0.15, 0.2) is 0 Å². The summed E-state index contributed by atoms with van der Waals surface area (Å²) in [5, 5.41) is 21.1. The third-order valence-corrected chi connectivity index (χ3v) is 4.54. The first kappa shape index (κ1) is 17.3. The largest absolute Gasteiger partial charge is 0.478 e. The zero-order chi connectivity index (χ0) is 19.5. The van der Waals surface area contributed by atoms with Gasteiger partial charge in [-0.1, -0.05) is 60.7 Å². The minimum atomic E-state index is -1.02. The molecule has 0 radical (unpaired) electrons. The van der Waals surface area contributed by atoms with Gasteiger partial charge in [-0.15, -0.1) is 0 Å². The molecule has 0 saturated carbocycles. The van der Waals surface area contributed by atoms with Crippen molar-refractivity contribution in [2.75, 3.05) is 0 Å². The summed E-state index contributed by atoms with van der Waals surface area (Å²) < 4.78 is 5.84. The number of nitriles is 1. The maximum atomic E-state index is 11.4. The molecule has 3 aromatic carbocycles. The van der Waals surface area contributed by atoms with Crippen molar-refractivity contribution in [1.29, 1.82) is 5.26 Å². The molecule has 0 fully saturated rings. The molecule has 0 unspecified atom stereocenters. The Kier molecular flexibility index (Phi) is 4.49. The summed E-state index contributed by atoms with van der Waals surface area (Å²) in [5.41, 5.74) is 1.97. The minimum Gasteiger partial charge on any atom is -0.478 e. The molecule has 4 rings (SSSR count). The van der Waals surface area contributed by atoms with Gasteiger partial charge in [-0.2, -0.15) is 5.26 Å². The first-order valence-corrected chi connectivity index (χ1v) is 8.70. The topological polar surface area (TPSA) is 74.2 Å². The SMILES string of the molecule is N#C/C(=C\c1ccc(-c2ccccc2C(=O)O)o1)c1cccc2ccccc12. The Bertz CT molecular complexity index is 1250. The van der Waals surface area contributed by atoms with Gasteiger partial charge in [-0.05, 0) is 35.0 Å². The van der Waals surface area contributed by atoms with E-state index in [1.54, 1.807) is 36.4 Å². The number of allylic oxidation sites excluding steroid dienone is 1. The van der Waals surface area contributed by atoms with Crippen LogP contribution < -0.4 is 0 Å². The lowest BCUT2D eigenvalue weighted by Crippen LogP contribution is -1.98. The highest BCUT2D eigenvalue weighted by atomic mass is 16.4. The van der Waals surface area contributed by atoms with Crippen LogP contribution in [0.25, 0.3) is 33.7 Å². The molecule has 0 aliphatic heterocycles. The van der Waals surface area contributed by atoms with E-state index in [-0.39, 0.29) is 5.56 Å². The highest BCUT2D eigenvalue weighted by molar-refractivity contribution is 6.01. The number of carboxylic acids is 1. The van der Waals surface area contributed by atoms with Crippen LogP contribution in [0.15, 0.2) is 83.3 Å². The average molecular weight is 365 g/mol. The number of furan rings is 1. The molecule has 1 N–H and O–H groups in total. The second-order valence-corrected chi connectivity index (χ2v) is 6.25. The molecular weight excluding hydrogens is 350 g/mol. The van der Waals surface area contributed by atoms with Crippen LogP contribution in [0.5, 0.6) is 0 Å². The normalized spacial score (nSPS) is 11.3. The lowest BCUT2D eigenvalue weighted by molar-refractivity contribution is 0.0697. The molecule has 4 aromatic rings. The molecule has 0 aliphatic rings. The van der Waals surface area contributed by atoms with E-state index >= 15 is 0 Å². The van der Waals surface area contributed by atoms with E-state index < -0.39 is 5.97 Å². The summed E-state index contributed by atoms with van der Waals surface area (Å²) in [7, 11) is 0. The quantitative estimate of drug-likeness (QED) is 0.460. The van der Waals surface area contributed by atoms with Crippen molar-refractivity contribution < 1.29 is 14.3 Å². The van der Waals surface area contributed by atoms with Gasteiger partial charge in [0.05, 0.1) is 17.2 Å². The Balaban J connectivity index is 1.77. The second kappa shape index (κ2) is 7.26. The fraction of sp³-hybridized carbons (Fsp3) is 0. The molecule has 0 bridgehead atoms. The predicted molar refractivity (Wildman–Crippen MR) is 109 cm³/mol. The molecule has 1 heterocycles. The average Bonchev–Trinajstić information content (AvgIpc) is 3.20. The van der Waals surface area contributed by atoms with Crippen LogP contribution in [-0.2, 0) is 0 Å². The van der Waals surface area contributed by atoms with Crippen molar-refractivity contribution in [2.45, 2.75) is 0 Å². The van der Waals surface area contributed by atoms with Crippen molar-refractivity contribution >= 4 is 28.4 Å². The molecule has 4 heteroatoms. The van der Waals surface area contributed by atoms with E-state index in [1.165, 1.54) is 6.07 Å². The highest BCUT2D eigenvalue weighted by Crippen LogP contribution is 2.30. The van der Waals surface area contributed by atoms with Crippen LogP contribution in [-0.4, -0.2) is 11.1 Å². The number of aromatic carboxylic acids is 1. The molecule has 28 heavy (non-hydrogen) atoms. The summed E-state index contributed by atoms with van der Waals surface area (Å²) in [5.74, 6) is -0.0864. The van der Waals surface area contributed by atoms with Gasteiger partial charge in [-0.25, -0.2) is 4.79 Å². The molecule has 134 valence electrons. The number of nitrogens with zero attached hydrogens (tertiary/aromatic N) is 1. The fourth-order valence-corrected chi connectivity index (χ4v) is 3.23. The van der Waals surface area contributed by atoms with Crippen molar-refractivity contribution in [3.8, 4) is 17.4 Å². The smallest absolute Gasteiger partial charge is 0.336 e. The summed E-state index contributed by atoms with van der Waals surface area (Å²) in [6.45, 7) is 0. The van der Waals surface area contributed by atoms with Crippen molar-refractivity contribution in [3.63, 3.8) is 0 Å². The van der Waals surface area contributed by atoms with E-state index in [0.29, 0.717) is 22.7 Å². The van der Waals surface area contributed by atoms with Gasteiger partial charge in [0, 0.05) is 11.1 Å². The lowest BCUT2D eigenvalue weighted by Gasteiger charge is -2.05. The van der Waals surface area contributed by atoms with Gasteiger partial charge in [0.2, 0.25) is 0 Å². The van der Waals surface area contributed by atoms with Crippen molar-refractivity contribution in [1.82, 2.24) is 0 Å². The monoisotopic (exact) mass is 365 g/mol. The first-order chi connectivity index (χ1) is 13.7. The zero-order valence-electron chi connectivity index (χ0n) is 14.8. The summed E-state index contributed by atoms with van der Waals surface area (Å²) in [6, 6.07) is 26.1. The van der Waals surface area contributed by atoms with Gasteiger partial charge < -0.3 is 9.52 Å². The molecule has 4 nitrogen and oxygen atoms in total. The first-order valence-electron chi connectivity index (χ1n) is 8.70. The molecule has 0 spiro atoms. The van der Waals surface area contributed by atoms with Crippen molar-refractivity contribution in [2.24, 2.45) is 0 Å². The lowest BCUT2D eigenvalue weighted by atomic mass is 9.98. The zero-order valence-corrected chi connectivity index (χ0v) is 14.8. The van der Waals surface area contributed by atoms with E-state index in [4.69, 9.17) is 4.42 Å². The van der Waals surface area contributed by atoms with Crippen LogP contribution in [0.3, 0.4) is 0 Å². The highest BCUT2D eigenvalue weighted by Gasteiger charge is 2.14. The van der Waals surface area contributed by atoms with Gasteiger partial charge >= 0.3 is 5.97 Å². The second-order valence-electron chi connectivity index (χ2n) is 6.25. The Morgan fingerprint density at radius 1 is 0.893 bits per heavy atom. The third-order valence-electron chi connectivity index (χ3n) is 4.54. The number of hydrogen-bond donors (Lipinski definition) is 1. The maximum absolute atomic E-state index is 11.4. The van der Waals surface area contributed by atoms with Crippen molar-refractivity contribution in [3.05, 3.63) is 95.7 Å². The number of benzene rings is 3. The number of carbonyl (C=O) groups is 1. The van der Waals surface area contributed by atoms with E-state index in [1.807, 2.05) is 42.5 Å². The molecule has 0 amide bonds. The third kappa shape index (κ3) is 3.17. The Morgan fingerprint density at radius 3 is 2.43 bits per heavy atom. The minimum absolute atomic E-state index is 0.168. The summed E-state index contributed by atoms with van der Waals surface area (Å²) in [6.07, 6.45) is 1.68. The van der Waals surface area contributed by atoms with Crippen LogP contribution in [0, 0.1) is 11.3 Å². The number of carboxylic acid groups (broad SMARTS) is 1. The Labute approximate surface area is 161 Å². The predicted octanol–water partition coefficient (Wildman–Crippen LogP) is 5.86. The maximum Gasteiger partial charge on any atom is 0.336 e. The molecule has 0 atom stereocenters. The standard InChI is InChI=1S/C24H15NO3/c25-15-17(20-11-5-7-16-6-1-2-8-19(16)20)14-18-12-13-23(28-18)21-9-3-4-10-22(21)24(26)27/h1-14H,(H,26,27)/b17-14+. The van der Waals surface area contributed by atoms with Gasteiger partial charge in [0.1, 0.15) is 11.5 Å². The molecule has 1 aromatic heterocycles. The van der Waals surface area contributed by atoms with Gasteiger partial charge in [-0.3, -0.25) is 0 Å². The molecule has 0 aliphatic carbocycles. The van der Waals surface area contributed by atoms with E-state index in [2.05, 4.69) is 6.07 Å². The van der Waals surface area contributed by atoms with E-state index in [0.717, 1.165) is 16.3 Å². The van der Waals surface area contributed by atoms with Crippen LogP contribution in [0.1, 0.15) is 21.7 Å². The number of fused-ring (bicyclic) bond motifs is 1.